The number of imidazole rings is 1. The molecule has 0 amide bonds. The molecule has 3 aromatic rings. The maximum Gasteiger partial charge on any atom is 1.00 e. The fraction of sp³-hybridized carbons (Fsp3) is 0. The van der Waals surface area contributed by atoms with Crippen molar-refractivity contribution < 1.29 is 42.7 Å². The zero-order chi connectivity index (χ0) is 15.7. The van der Waals surface area contributed by atoms with E-state index in [-0.39, 0.29) is 45.4 Å². The van der Waals surface area contributed by atoms with Crippen LogP contribution in [-0.2, 0) is 11.1 Å². The van der Waals surface area contributed by atoms with Crippen LogP contribution in [0.2, 0.25) is 5.15 Å². The van der Waals surface area contributed by atoms with Gasteiger partial charge in [0, 0.05) is 16.1 Å². The van der Waals surface area contributed by atoms with Crippen LogP contribution in [0.4, 0.5) is 4.39 Å². The molecule has 8 heteroatoms. The number of halogens is 2. The van der Waals surface area contributed by atoms with Crippen molar-refractivity contribution in [3.05, 3.63) is 65.8 Å². The van der Waals surface area contributed by atoms with Gasteiger partial charge in [-0.15, -0.1) is 0 Å². The van der Waals surface area contributed by atoms with Gasteiger partial charge in [0.25, 0.3) is 0 Å². The largest absolute Gasteiger partial charge is 1.00 e. The van der Waals surface area contributed by atoms with Gasteiger partial charge in [0.2, 0.25) is 0 Å². The molecule has 0 aliphatic rings. The monoisotopic (exact) mass is 358 g/mol. The Balaban J connectivity index is 0.00000192. The van der Waals surface area contributed by atoms with Crippen molar-refractivity contribution in [2.45, 2.75) is 4.90 Å². The van der Waals surface area contributed by atoms with Crippen LogP contribution in [0.15, 0.2) is 59.8 Å². The summed E-state index contributed by atoms with van der Waals surface area (Å²) in [6.07, 6.45) is 1.53. The fourth-order valence-corrected chi connectivity index (χ4v) is 2.71. The Bertz CT molecular complexity index is 838. The first-order valence-electron chi connectivity index (χ1n) is 6.25. The second-order valence-electron chi connectivity index (χ2n) is 4.49. The van der Waals surface area contributed by atoms with E-state index < -0.39 is 11.1 Å². The summed E-state index contributed by atoms with van der Waals surface area (Å²) in [5.41, 5.74) is 2.02. The molecule has 0 saturated heterocycles. The van der Waals surface area contributed by atoms with Crippen LogP contribution in [0, 0.1) is 5.82 Å². The molecule has 0 fully saturated rings. The van der Waals surface area contributed by atoms with Crippen LogP contribution >= 0.6 is 11.6 Å². The van der Waals surface area contributed by atoms with E-state index in [0.29, 0.717) is 16.9 Å². The van der Waals surface area contributed by atoms with Crippen molar-refractivity contribution in [1.82, 2.24) is 9.55 Å². The Morgan fingerprint density at radius 2 is 1.70 bits per heavy atom. The standard InChI is InChI=1S/C15H10ClFN2O2S.Na/c16-15-14(10-1-3-11(17)4-2-10)19(9-18-15)12-5-7-13(8-6-12)22(20)21;/h1-9H,(H,20,21);/q;+1/p-1. The van der Waals surface area contributed by atoms with Gasteiger partial charge in [0.1, 0.15) is 12.1 Å². The molecule has 112 valence electrons. The first-order chi connectivity index (χ1) is 10.6. The van der Waals surface area contributed by atoms with Crippen molar-refractivity contribution >= 4 is 22.7 Å². The van der Waals surface area contributed by atoms with Crippen LogP contribution in [-0.4, -0.2) is 18.3 Å². The van der Waals surface area contributed by atoms with Crippen molar-refractivity contribution in [1.29, 1.82) is 0 Å². The zero-order valence-corrected chi connectivity index (χ0v) is 15.6. The predicted octanol–water partition coefficient (Wildman–Crippen LogP) is 0.574. The van der Waals surface area contributed by atoms with Gasteiger partial charge in [0.05, 0.1) is 5.69 Å². The first kappa shape index (κ1) is 18.3. The third-order valence-corrected chi connectivity index (χ3v) is 4.08. The van der Waals surface area contributed by atoms with E-state index in [4.69, 9.17) is 11.6 Å². The third kappa shape index (κ3) is 3.91. The summed E-state index contributed by atoms with van der Waals surface area (Å²) in [5, 5.41) is 0.281. The Hall–Kier alpha value is -1.02. The number of rotatable bonds is 3. The minimum Gasteiger partial charge on any atom is -0.768 e. The minimum absolute atomic E-state index is 0. The molecule has 0 aliphatic carbocycles. The summed E-state index contributed by atoms with van der Waals surface area (Å²) in [6, 6.07) is 12.2. The van der Waals surface area contributed by atoms with Gasteiger partial charge in [-0.05, 0) is 59.6 Å². The first-order valence-corrected chi connectivity index (χ1v) is 7.70. The molecule has 0 aliphatic heterocycles. The number of benzene rings is 2. The molecule has 2 aromatic carbocycles. The summed E-state index contributed by atoms with van der Waals surface area (Å²) < 4.78 is 36.6. The third-order valence-electron chi connectivity index (χ3n) is 3.15. The van der Waals surface area contributed by atoms with Gasteiger partial charge in [-0.3, -0.25) is 8.78 Å². The smallest absolute Gasteiger partial charge is 0.768 e. The molecule has 1 atom stereocenters. The van der Waals surface area contributed by atoms with Crippen molar-refractivity contribution in [2.75, 3.05) is 0 Å². The number of aromatic nitrogens is 2. The fourth-order valence-electron chi connectivity index (χ4n) is 2.11. The Morgan fingerprint density at radius 1 is 1.09 bits per heavy atom. The van der Waals surface area contributed by atoms with Crippen LogP contribution in [0.1, 0.15) is 0 Å². The van der Waals surface area contributed by atoms with E-state index in [2.05, 4.69) is 4.98 Å². The van der Waals surface area contributed by atoms with Gasteiger partial charge in [-0.1, -0.05) is 11.6 Å². The molecule has 3 rings (SSSR count). The molecule has 0 saturated carbocycles. The Morgan fingerprint density at radius 3 is 2.26 bits per heavy atom. The van der Waals surface area contributed by atoms with Crippen LogP contribution in [0.5, 0.6) is 0 Å². The van der Waals surface area contributed by atoms with E-state index in [1.54, 1.807) is 28.8 Å². The SMILES string of the molecule is O=S([O-])c1ccc(-n2cnc(Cl)c2-c2ccc(F)cc2)cc1.[Na+]. The molecule has 0 N–H and O–H groups in total. The second-order valence-corrected chi connectivity index (χ2v) is 5.79. The molecular weight excluding hydrogens is 350 g/mol. The van der Waals surface area contributed by atoms with Gasteiger partial charge in [-0.2, -0.15) is 0 Å². The maximum atomic E-state index is 13.1. The molecule has 0 radical (unpaired) electrons. The average Bonchev–Trinajstić information content (AvgIpc) is 2.90. The summed E-state index contributed by atoms with van der Waals surface area (Å²) in [7, 11) is 0. The number of nitrogens with zero attached hydrogens (tertiary/aromatic N) is 2. The van der Waals surface area contributed by atoms with E-state index in [0.717, 1.165) is 0 Å². The minimum atomic E-state index is -2.27. The van der Waals surface area contributed by atoms with Crippen LogP contribution in [0.3, 0.4) is 0 Å². The molecule has 1 aromatic heterocycles. The maximum absolute atomic E-state index is 13.1. The van der Waals surface area contributed by atoms with Gasteiger partial charge in [0.15, 0.2) is 5.15 Å². The van der Waals surface area contributed by atoms with Crippen LogP contribution in [0.25, 0.3) is 16.9 Å². The molecular formula is C15H9ClFN2NaO2S. The molecule has 1 heterocycles. The quantitative estimate of drug-likeness (QED) is 0.508. The summed E-state index contributed by atoms with van der Waals surface area (Å²) in [4.78, 5) is 4.26. The number of hydrogen-bond donors (Lipinski definition) is 0. The Labute approximate surface area is 161 Å². The second kappa shape index (κ2) is 7.70. The predicted molar refractivity (Wildman–Crippen MR) is 81.2 cm³/mol. The van der Waals surface area contributed by atoms with E-state index >= 15 is 0 Å². The van der Waals surface area contributed by atoms with Crippen LogP contribution < -0.4 is 29.6 Å². The van der Waals surface area contributed by atoms with E-state index in [1.807, 2.05) is 0 Å². The molecule has 1 unspecified atom stereocenters. The summed E-state index contributed by atoms with van der Waals surface area (Å²) >= 11 is 3.85. The van der Waals surface area contributed by atoms with Crippen molar-refractivity contribution in [3.8, 4) is 16.9 Å². The topological polar surface area (TPSA) is 57.9 Å². The molecule has 4 nitrogen and oxygen atoms in total. The normalized spacial score (nSPS) is 11.8. The molecule has 0 bridgehead atoms. The van der Waals surface area contributed by atoms with Gasteiger partial charge >= 0.3 is 29.6 Å². The summed E-state index contributed by atoms with van der Waals surface area (Å²) in [5.74, 6) is -0.340. The van der Waals surface area contributed by atoms with Gasteiger partial charge < -0.3 is 4.55 Å². The Kier molecular flexibility index (Phi) is 6.13. The average molecular weight is 359 g/mol. The number of hydrogen-bond acceptors (Lipinski definition) is 3. The molecule has 23 heavy (non-hydrogen) atoms. The van der Waals surface area contributed by atoms with Gasteiger partial charge in [-0.25, -0.2) is 9.37 Å². The summed E-state index contributed by atoms with van der Waals surface area (Å²) in [6.45, 7) is 0. The van der Waals surface area contributed by atoms with Crippen molar-refractivity contribution in [2.24, 2.45) is 0 Å². The van der Waals surface area contributed by atoms with Crippen molar-refractivity contribution in [3.63, 3.8) is 0 Å². The van der Waals surface area contributed by atoms with E-state index in [1.165, 1.54) is 30.6 Å². The molecule has 0 spiro atoms. The van der Waals surface area contributed by atoms with E-state index in [9.17, 15) is 13.2 Å². The zero-order valence-electron chi connectivity index (χ0n) is 12.1.